The molecule has 3 heterocycles. The molecule has 7 heteroatoms. The Morgan fingerprint density at radius 1 is 1.13 bits per heavy atom. The largest absolute Gasteiger partial charge is 0.378 e. The third kappa shape index (κ3) is 3.30. The molecule has 3 aliphatic rings. The zero-order valence-electron chi connectivity index (χ0n) is 13.2. The molecule has 2 saturated heterocycles. The van der Waals surface area contributed by atoms with E-state index >= 15 is 0 Å². The van der Waals surface area contributed by atoms with E-state index in [1.165, 1.54) is 12.8 Å². The Kier molecular flexibility index (Phi) is 4.13. The maximum absolute atomic E-state index is 12.5. The second-order valence-electron chi connectivity index (χ2n) is 6.36. The van der Waals surface area contributed by atoms with Crippen LogP contribution in [0.4, 0.5) is 5.82 Å². The molecule has 23 heavy (non-hydrogen) atoms. The van der Waals surface area contributed by atoms with Gasteiger partial charge in [0.2, 0.25) is 0 Å². The van der Waals surface area contributed by atoms with Gasteiger partial charge in [0.1, 0.15) is 11.5 Å². The molecule has 0 aromatic carbocycles. The molecule has 1 aromatic heterocycles. The van der Waals surface area contributed by atoms with Gasteiger partial charge in [-0.05, 0) is 18.8 Å². The van der Waals surface area contributed by atoms with Crippen molar-refractivity contribution in [3.05, 3.63) is 18.1 Å². The highest BCUT2D eigenvalue weighted by molar-refractivity contribution is 5.92. The average Bonchev–Trinajstić information content (AvgIpc) is 3.47. The third-order valence-corrected chi connectivity index (χ3v) is 4.70. The minimum Gasteiger partial charge on any atom is -0.378 e. The molecule has 4 rings (SSSR count). The number of rotatable bonds is 3. The van der Waals surface area contributed by atoms with Crippen LogP contribution in [0.15, 0.2) is 12.4 Å². The molecule has 1 atom stereocenters. The molecular weight excluding hydrogens is 296 g/mol. The van der Waals surface area contributed by atoms with Crippen molar-refractivity contribution >= 4 is 11.7 Å². The van der Waals surface area contributed by atoms with Crippen LogP contribution in [0.5, 0.6) is 0 Å². The van der Waals surface area contributed by atoms with Gasteiger partial charge in [-0.1, -0.05) is 0 Å². The van der Waals surface area contributed by atoms with E-state index in [0.717, 1.165) is 18.9 Å². The van der Waals surface area contributed by atoms with Gasteiger partial charge in [-0.25, -0.2) is 4.98 Å². The van der Waals surface area contributed by atoms with Crippen LogP contribution in [0.2, 0.25) is 0 Å². The zero-order valence-corrected chi connectivity index (χ0v) is 13.2. The van der Waals surface area contributed by atoms with Crippen molar-refractivity contribution in [3.63, 3.8) is 0 Å². The van der Waals surface area contributed by atoms with Crippen LogP contribution < -0.4 is 4.90 Å². The molecule has 0 N–H and O–H groups in total. The number of carbonyl (C=O) groups is 1. The molecule has 1 unspecified atom stereocenters. The summed E-state index contributed by atoms with van der Waals surface area (Å²) in [5, 5.41) is 0. The van der Waals surface area contributed by atoms with Crippen molar-refractivity contribution in [2.45, 2.75) is 18.9 Å². The topological polar surface area (TPSA) is 67.8 Å². The lowest BCUT2D eigenvalue weighted by atomic mass is 10.2. The first-order valence-electron chi connectivity index (χ1n) is 8.37. The summed E-state index contributed by atoms with van der Waals surface area (Å²) in [6, 6.07) is 0. The summed E-state index contributed by atoms with van der Waals surface area (Å²) in [5.41, 5.74) is 0.416. The van der Waals surface area contributed by atoms with Crippen LogP contribution in [-0.2, 0) is 9.47 Å². The van der Waals surface area contributed by atoms with Gasteiger partial charge in [0.25, 0.3) is 5.91 Å². The lowest BCUT2D eigenvalue weighted by Gasteiger charge is -2.34. The van der Waals surface area contributed by atoms with Gasteiger partial charge in [-0.15, -0.1) is 0 Å². The summed E-state index contributed by atoms with van der Waals surface area (Å²) >= 11 is 0. The van der Waals surface area contributed by atoms with Gasteiger partial charge >= 0.3 is 0 Å². The zero-order chi connectivity index (χ0) is 15.6. The molecule has 1 aromatic rings. The number of hydrogen-bond donors (Lipinski definition) is 0. The van der Waals surface area contributed by atoms with E-state index in [4.69, 9.17) is 9.47 Å². The number of hydrogen-bond acceptors (Lipinski definition) is 6. The van der Waals surface area contributed by atoms with E-state index in [1.807, 2.05) is 0 Å². The van der Waals surface area contributed by atoms with Gasteiger partial charge in [0.15, 0.2) is 0 Å². The predicted octanol–water partition coefficient (Wildman–Crippen LogP) is 0.564. The van der Waals surface area contributed by atoms with E-state index < -0.39 is 0 Å². The second kappa shape index (κ2) is 6.41. The van der Waals surface area contributed by atoms with Crippen LogP contribution in [0.1, 0.15) is 23.3 Å². The standard InChI is InChI=1S/C16H22N4O3/c21-16(19-3-6-22-7-4-19)13-9-17-10-15(18-13)20-5-8-23-14(11-20)12-1-2-12/h9-10,12,14H,1-8,11H2. The highest BCUT2D eigenvalue weighted by atomic mass is 16.5. The molecule has 0 radical (unpaired) electrons. The van der Waals surface area contributed by atoms with Gasteiger partial charge in [-0.3, -0.25) is 9.78 Å². The van der Waals surface area contributed by atoms with Crippen LogP contribution >= 0.6 is 0 Å². The predicted molar refractivity (Wildman–Crippen MR) is 83.4 cm³/mol. The number of aromatic nitrogens is 2. The molecule has 3 fully saturated rings. The van der Waals surface area contributed by atoms with E-state index in [2.05, 4.69) is 14.9 Å². The SMILES string of the molecule is O=C(c1cncc(N2CCOC(C3CC3)C2)n1)N1CCOCC1. The second-order valence-corrected chi connectivity index (χ2v) is 6.36. The quantitative estimate of drug-likeness (QED) is 0.811. The number of amides is 1. The fraction of sp³-hybridized carbons (Fsp3) is 0.688. The summed E-state index contributed by atoms with van der Waals surface area (Å²) in [6.07, 6.45) is 6.12. The van der Waals surface area contributed by atoms with Crippen LogP contribution in [0, 0.1) is 5.92 Å². The van der Waals surface area contributed by atoms with Crippen molar-refractivity contribution in [3.8, 4) is 0 Å². The first-order valence-corrected chi connectivity index (χ1v) is 8.37. The molecule has 1 saturated carbocycles. The summed E-state index contributed by atoms with van der Waals surface area (Å²) < 4.78 is 11.1. The number of morpholine rings is 2. The fourth-order valence-electron chi connectivity index (χ4n) is 3.18. The molecule has 1 amide bonds. The van der Waals surface area contributed by atoms with E-state index in [9.17, 15) is 4.79 Å². The maximum Gasteiger partial charge on any atom is 0.274 e. The van der Waals surface area contributed by atoms with Crippen LogP contribution in [0.25, 0.3) is 0 Å². The molecule has 124 valence electrons. The molecule has 7 nitrogen and oxygen atoms in total. The van der Waals surface area contributed by atoms with E-state index in [0.29, 0.717) is 50.6 Å². The number of ether oxygens (including phenoxy) is 2. The van der Waals surface area contributed by atoms with E-state index in [1.54, 1.807) is 17.3 Å². The van der Waals surface area contributed by atoms with E-state index in [-0.39, 0.29) is 5.91 Å². The summed E-state index contributed by atoms with van der Waals surface area (Å²) in [6.45, 7) is 4.76. The maximum atomic E-state index is 12.5. The van der Waals surface area contributed by atoms with Crippen molar-refractivity contribution in [2.24, 2.45) is 5.92 Å². The molecule has 1 aliphatic carbocycles. The smallest absolute Gasteiger partial charge is 0.274 e. The molecule has 0 bridgehead atoms. The van der Waals surface area contributed by atoms with Crippen molar-refractivity contribution < 1.29 is 14.3 Å². The van der Waals surface area contributed by atoms with Crippen molar-refractivity contribution in [2.75, 3.05) is 50.9 Å². The average molecular weight is 318 g/mol. The highest BCUT2D eigenvalue weighted by Gasteiger charge is 2.35. The van der Waals surface area contributed by atoms with Gasteiger partial charge in [0, 0.05) is 26.2 Å². The molecule has 0 spiro atoms. The Hall–Kier alpha value is -1.73. The van der Waals surface area contributed by atoms with Crippen molar-refractivity contribution in [1.29, 1.82) is 0 Å². The van der Waals surface area contributed by atoms with Gasteiger partial charge in [0.05, 0.1) is 38.3 Å². The number of carbonyl (C=O) groups excluding carboxylic acids is 1. The van der Waals surface area contributed by atoms with Crippen molar-refractivity contribution in [1.82, 2.24) is 14.9 Å². The summed E-state index contributed by atoms with van der Waals surface area (Å²) in [5.74, 6) is 1.41. The fourth-order valence-corrected chi connectivity index (χ4v) is 3.18. The summed E-state index contributed by atoms with van der Waals surface area (Å²) in [4.78, 5) is 25.3. The molecular formula is C16H22N4O3. The Morgan fingerprint density at radius 2 is 1.96 bits per heavy atom. The third-order valence-electron chi connectivity index (χ3n) is 4.70. The van der Waals surface area contributed by atoms with Gasteiger partial charge in [-0.2, -0.15) is 0 Å². The number of nitrogens with zero attached hydrogens (tertiary/aromatic N) is 4. The lowest BCUT2D eigenvalue weighted by Crippen LogP contribution is -2.44. The molecule has 2 aliphatic heterocycles. The van der Waals surface area contributed by atoms with Crippen LogP contribution in [0.3, 0.4) is 0 Å². The first-order chi connectivity index (χ1) is 11.3. The Bertz CT molecular complexity index is 572. The minimum atomic E-state index is -0.0605. The minimum absolute atomic E-state index is 0.0605. The first kappa shape index (κ1) is 14.8. The monoisotopic (exact) mass is 318 g/mol. The Morgan fingerprint density at radius 3 is 2.74 bits per heavy atom. The Labute approximate surface area is 135 Å². The van der Waals surface area contributed by atoms with Gasteiger partial charge < -0.3 is 19.3 Å². The summed E-state index contributed by atoms with van der Waals surface area (Å²) in [7, 11) is 0. The lowest BCUT2D eigenvalue weighted by molar-refractivity contribution is 0.0260. The Balaban J connectivity index is 1.47. The normalized spacial score (nSPS) is 25.5. The van der Waals surface area contributed by atoms with Crippen LogP contribution in [-0.4, -0.2) is 72.9 Å². The highest BCUT2D eigenvalue weighted by Crippen LogP contribution is 2.36. The number of anilines is 1.